The molecule has 0 aliphatic carbocycles. The Bertz CT molecular complexity index is 1030. The van der Waals surface area contributed by atoms with Crippen molar-refractivity contribution in [1.29, 1.82) is 0 Å². The van der Waals surface area contributed by atoms with Gasteiger partial charge in [0.25, 0.3) is 0 Å². The van der Waals surface area contributed by atoms with Crippen LogP contribution in [0.15, 0.2) is 78.9 Å². The first-order valence-electron chi connectivity index (χ1n) is 7.50. The van der Waals surface area contributed by atoms with E-state index in [4.69, 9.17) is 0 Å². The van der Waals surface area contributed by atoms with Gasteiger partial charge in [0.15, 0.2) is 5.78 Å². The summed E-state index contributed by atoms with van der Waals surface area (Å²) in [5, 5.41) is 2.37. The molecule has 0 amide bonds. The lowest BCUT2D eigenvalue weighted by Crippen LogP contribution is -1.93. The number of carbonyl (C=O) groups excluding carboxylic acids is 1. The number of thiophene rings is 1. The van der Waals surface area contributed by atoms with Gasteiger partial charge in [0.1, 0.15) is 0 Å². The Balaban J connectivity index is 1.72. The molecule has 1 nitrogen and oxygen atoms in total. The van der Waals surface area contributed by atoms with Crippen molar-refractivity contribution < 1.29 is 4.79 Å². The summed E-state index contributed by atoms with van der Waals surface area (Å²) in [4.78, 5) is 12.4. The van der Waals surface area contributed by atoms with E-state index in [1.54, 1.807) is 17.4 Å². The molecular weight excluding hydrogens is 300 g/mol. The molecule has 0 N–H and O–H groups in total. The van der Waals surface area contributed by atoms with E-state index in [2.05, 4.69) is 12.1 Å². The third-order valence-corrected chi connectivity index (χ3v) is 5.04. The fourth-order valence-electron chi connectivity index (χ4n) is 2.71. The van der Waals surface area contributed by atoms with Crippen LogP contribution in [-0.2, 0) is 0 Å². The molecule has 0 spiro atoms. The number of benzene rings is 3. The number of hydrogen-bond acceptors (Lipinski definition) is 2. The van der Waals surface area contributed by atoms with Crippen LogP contribution in [-0.4, -0.2) is 5.78 Å². The first kappa shape index (κ1) is 13.9. The quantitative estimate of drug-likeness (QED) is 0.337. The summed E-state index contributed by atoms with van der Waals surface area (Å²) in [6.45, 7) is 0. The zero-order valence-electron chi connectivity index (χ0n) is 12.4. The van der Waals surface area contributed by atoms with Crippen LogP contribution in [0, 0.1) is 0 Å². The van der Waals surface area contributed by atoms with E-state index in [-0.39, 0.29) is 5.78 Å². The summed E-state index contributed by atoms with van der Waals surface area (Å²) >= 11 is 1.76. The molecule has 3 aromatic carbocycles. The second-order valence-electron chi connectivity index (χ2n) is 5.42. The molecule has 110 valence electrons. The lowest BCUT2D eigenvalue weighted by atomic mass is 10.1. The third-order valence-electron chi connectivity index (χ3n) is 3.89. The number of allylic oxidation sites excluding steroid dienone is 1. The number of hydrogen-bond donors (Lipinski definition) is 0. The second-order valence-corrected chi connectivity index (χ2v) is 6.50. The lowest BCUT2D eigenvalue weighted by Gasteiger charge is -1.98. The summed E-state index contributed by atoms with van der Waals surface area (Å²) in [6, 6.07) is 24.2. The SMILES string of the molecule is O=C(C=Cc1ccccc1)c1ccc2sc3ccccc3c2c1. The topological polar surface area (TPSA) is 17.1 Å². The highest BCUT2D eigenvalue weighted by Gasteiger charge is 2.08. The molecule has 4 aromatic rings. The Kier molecular flexibility index (Phi) is 3.52. The van der Waals surface area contributed by atoms with Gasteiger partial charge in [0.2, 0.25) is 0 Å². The number of carbonyl (C=O) groups is 1. The van der Waals surface area contributed by atoms with E-state index in [9.17, 15) is 4.79 Å². The summed E-state index contributed by atoms with van der Waals surface area (Å²) in [5.74, 6) is 0.0334. The zero-order chi connectivity index (χ0) is 15.6. The number of ketones is 1. The highest BCUT2D eigenvalue weighted by molar-refractivity contribution is 7.25. The van der Waals surface area contributed by atoms with Crippen LogP contribution < -0.4 is 0 Å². The summed E-state index contributed by atoms with van der Waals surface area (Å²) in [6.07, 6.45) is 3.50. The largest absolute Gasteiger partial charge is 0.289 e. The van der Waals surface area contributed by atoms with Gasteiger partial charge in [-0.25, -0.2) is 0 Å². The fourth-order valence-corrected chi connectivity index (χ4v) is 3.80. The Labute approximate surface area is 138 Å². The van der Waals surface area contributed by atoms with Crippen LogP contribution in [0.4, 0.5) is 0 Å². The van der Waals surface area contributed by atoms with Gasteiger partial charge in [-0.3, -0.25) is 4.79 Å². The molecule has 23 heavy (non-hydrogen) atoms. The Morgan fingerprint density at radius 3 is 2.39 bits per heavy atom. The monoisotopic (exact) mass is 314 g/mol. The highest BCUT2D eigenvalue weighted by Crippen LogP contribution is 2.34. The molecule has 0 saturated heterocycles. The average Bonchev–Trinajstić information content (AvgIpc) is 2.98. The van der Waals surface area contributed by atoms with Gasteiger partial charge in [-0.1, -0.05) is 54.6 Å². The van der Waals surface area contributed by atoms with Crippen molar-refractivity contribution in [3.63, 3.8) is 0 Å². The molecule has 0 aliphatic heterocycles. The predicted octanol–water partition coefficient (Wildman–Crippen LogP) is 5.95. The minimum absolute atomic E-state index is 0.0334. The normalized spacial score (nSPS) is 11.5. The highest BCUT2D eigenvalue weighted by atomic mass is 32.1. The Morgan fingerprint density at radius 1 is 0.783 bits per heavy atom. The molecule has 2 heteroatoms. The predicted molar refractivity (Wildman–Crippen MR) is 99.1 cm³/mol. The Morgan fingerprint density at radius 2 is 1.52 bits per heavy atom. The van der Waals surface area contributed by atoms with E-state index in [1.165, 1.54) is 14.8 Å². The lowest BCUT2D eigenvalue weighted by molar-refractivity contribution is 0.104. The van der Waals surface area contributed by atoms with Crippen molar-refractivity contribution in [2.45, 2.75) is 0 Å². The number of rotatable bonds is 3. The molecule has 0 aliphatic rings. The van der Waals surface area contributed by atoms with E-state index in [0.717, 1.165) is 16.5 Å². The van der Waals surface area contributed by atoms with Crippen molar-refractivity contribution in [2.24, 2.45) is 0 Å². The van der Waals surface area contributed by atoms with E-state index < -0.39 is 0 Å². The molecule has 1 aromatic heterocycles. The van der Waals surface area contributed by atoms with Gasteiger partial charge in [-0.2, -0.15) is 0 Å². The minimum Gasteiger partial charge on any atom is -0.289 e. The maximum Gasteiger partial charge on any atom is 0.185 e. The van der Waals surface area contributed by atoms with Gasteiger partial charge < -0.3 is 0 Å². The van der Waals surface area contributed by atoms with E-state index in [0.29, 0.717) is 0 Å². The van der Waals surface area contributed by atoms with Crippen molar-refractivity contribution in [1.82, 2.24) is 0 Å². The van der Waals surface area contributed by atoms with Gasteiger partial charge in [-0.05, 0) is 35.9 Å². The molecule has 0 saturated carbocycles. The van der Waals surface area contributed by atoms with Crippen LogP contribution in [0.3, 0.4) is 0 Å². The Hall–Kier alpha value is -2.71. The van der Waals surface area contributed by atoms with Crippen molar-refractivity contribution in [3.05, 3.63) is 90.0 Å². The molecular formula is C21H14OS. The summed E-state index contributed by atoms with van der Waals surface area (Å²) in [5.41, 5.74) is 1.76. The van der Waals surface area contributed by atoms with Gasteiger partial charge in [0, 0.05) is 25.7 Å². The first-order valence-corrected chi connectivity index (χ1v) is 8.32. The maximum absolute atomic E-state index is 12.4. The van der Waals surface area contributed by atoms with Gasteiger partial charge in [-0.15, -0.1) is 11.3 Å². The average molecular weight is 314 g/mol. The number of fused-ring (bicyclic) bond motifs is 3. The molecule has 0 fully saturated rings. The maximum atomic E-state index is 12.4. The smallest absolute Gasteiger partial charge is 0.185 e. The van der Waals surface area contributed by atoms with E-state index in [1.807, 2.05) is 66.7 Å². The third kappa shape index (κ3) is 2.69. The molecule has 0 radical (unpaired) electrons. The minimum atomic E-state index is 0.0334. The van der Waals surface area contributed by atoms with Crippen LogP contribution in [0.25, 0.3) is 26.2 Å². The molecule has 4 rings (SSSR count). The van der Waals surface area contributed by atoms with Crippen LogP contribution in [0.1, 0.15) is 15.9 Å². The molecule has 0 unspecified atom stereocenters. The van der Waals surface area contributed by atoms with Crippen molar-refractivity contribution >= 4 is 43.4 Å². The van der Waals surface area contributed by atoms with Gasteiger partial charge >= 0.3 is 0 Å². The van der Waals surface area contributed by atoms with Crippen LogP contribution in [0.5, 0.6) is 0 Å². The first-order chi connectivity index (χ1) is 11.3. The standard InChI is InChI=1S/C21H14OS/c22-19(12-10-15-6-2-1-3-7-15)16-11-13-21-18(14-16)17-8-4-5-9-20(17)23-21/h1-14H. The van der Waals surface area contributed by atoms with Gasteiger partial charge in [0.05, 0.1) is 0 Å². The molecule has 1 heterocycles. The van der Waals surface area contributed by atoms with Crippen LogP contribution >= 0.6 is 11.3 Å². The van der Waals surface area contributed by atoms with Crippen molar-refractivity contribution in [2.75, 3.05) is 0 Å². The van der Waals surface area contributed by atoms with E-state index >= 15 is 0 Å². The van der Waals surface area contributed by atoms with Crippen LogP contribution in [0.2, 0.25) is 0 Å². The summed E-state index contributed by atoms with van der Waals surface area (Å²) < 4.78 is 2.47. The molecule has 0 atom stereocenters. The molecule has 0 bridgehead atoms. The second kappa shape index (κ2) is 5.82. The zero-order valence-corrected chi connectivity index (χ0v) is 13.2. The fraction of sp³-hybridized carbons (Fsp3) is 0. The van der Waals surface area contributed by atoms with Crippen molar-refractivity contribution in [3.8, 4) is 0 Å². The summed E-state index contributed by atoms with van der Waals surface area (Å²) in [7, 11) is 0.